The summed E-state index contributed by atoms with van der Waals surface area (Å²) in [5, 5.41) is 12.0. The summed E-state index contributed by atoms with van der Waals surface area (Å²) in [5.74, 6) is -1.36. The van der Waals surface area contributed by atoms with E-state index in [0.717, 1.165) is 18.4 Å². The molecule has 2 N–H and O–H groups in total. The van der Waals surface area contributed by atoms with Gasteiger partial charge < -0.3 is 15.3 Å². The number of hydrogen-bond acceptors (Lipinski definition) is 5. The second kappa shape index (κ2) is 8.18. The van der Waals surface area contributed by atoms with Crippen molar-refractivity contribution in [3.63, 3.8) is 0 Å². The molecule has 26 heavy (non-hydrogen) atoms. The van der Waals surface area contributed by atoms with Crippen molar-refractivity contribution in [3.05, 3.63) is 35.9 Å². The number of rotatable bonds is 5. The average Bonchev–Trinajstić information content (AvgIpc) is 2.99. The molecule has 2 aliphatic heterocycles. The molecule has 2 fully saturated rings. The van der Waals surface area contributed by atoms with Crippen LogP contribution in [0.4, 0.5) is 0 Å². The molecule has 0 radical (unpaired) electrons. The van der Waals surface area contributed by atoms with E-state index >= 15 is 0 Å². The Kier molecular flexibility index (Phi) is 5.93. The summed E-state index contributed by atoms with van der Waals surface area (Å²) in [6, 6.07) is 7.87. The Morgan fingerprint density at radius 2 is 2.00 bits per heavy atom. The van der Waals surface area contributed by atoms with Gasteiger partial charge in [0, 0.05) is 12.2 Å². The van der Waals surface area contributed by atoms with Crippen LogP contribution in [0.5, 0.6) is 0 Å². The molecule has 2 saturated heterocycles. The first kappa shape index (κ1) is 18.8. The number of nitrogens with one attached hydrogen (secondary N) is 1. The maximum atomic E-state index is 12.8. The summed E-state index contributed by atoms with van der Waals surface area (Å²) < 4.78 is 0. The average molecular weight is 393 g/mol. The van der Waals surface area contributed by atoms with E-state index in [1.807, 2.05) is 30.3 Å². The number of nitrogens with zero attached hydrogens (tertiary/aromatic N) is 1. The van der Waals surface area contributed by atoms with Crippen LogP contribution >= 0.6 is 24.0 Å². The van der Waals surface area contributed by atoms with Crippen LogP contribution in [0.25, 0.3) is 0 Å². The molecule has 0 spiro atoms. The molecular weight excluding hydrogens is 372 g/mol. The predicted octanol–water partition coefficient (Wildman–Crippen LogP) is 1.62. The van der Waals surface area contributed by atoms with E-state index in [9.17, 15) is 19.5 Å². The van der Waals surface area contributed by atoms with Crippen LogP contribution in [0, 0.1) is 0 Å². The highest BCUT2D eigenvalue weighted by Gasteiger charge is 2.45. The van der Waals surface area contributed by atoms with Gasteiger partial charge in [0.15, 0.2) is 0 Å². The molecule has 0 aliphatic carbocycles. The zero-order chi connectivity index (χ0) is 18.7. The topological polar surface area (TPSA) is 86.7 Å². The summed E-state index contributed by atoms with van der Waals surface area (Å²) in [7, 11) is 0. The Morgan fingerprint density at radius 1 is 1.27 bits per heavy atom. The lowest BCUT2D eigenvalue weighted by Crippen LogP contribution is -2.53. The molecule has 6 nitrogen and oxygen atoms in total. The minimum Gasteiger partial charge on any atom is -0.480 e. The Bertz CT molecular complexity index is 725. The van der Waals surface area contributed by atoms with Crippen molar-refractivity contribution < 1.29 is 19.5 Å². The number of fused-ring (bicyclic) bond motifs is 1. The molecule has 1 aromatic carbocycles. The minimum absolute atomic E-state index is 0.123. The van der Waals surface area contributed by atoms with Crippen molar-refractivity contribution in [2.75, 3.05) is 5.75 Å². The van der Waals surface area contributed by atoms with Gasteiger partial charge in [-0.3, -0.25) is 9.59 Å². The number of amides is 2. The second-order valence-corrected chi connectivity index (χ2v) is 8.13. The highest BCUT2D eigenvalue weighted by Crippen LogP contribution is 2.35. The van der Waals surface area contributed by atoms with Crippen LogP contribution in [-0.2, 0) is 20.8 Å². The molecule has 2 amide bonds. The Morgan fingerprint density at radius 3 is 2.69 bits per heavy atom. The Labute approximate surface area is 161 Å². The summed E-state index contributed by atoms with van der Waals surface area (Å²) in [5.41, 5.74) is 0.932. The van der Waals surface area contributed by atoms with E-state index in [0.29, 0.717) is 18.6 Å². The van der Waals surface area contributed by atoms with Gasteiger partial charge in [0.05, 0.1) is 10.2 Å². The lowest BCUT2D eigenvalue weighted by Gasteiger charge is -2.28. The van der Waals surface area contributed by atoms with Gasteiger partial charge in [0.25, 0.3) is 5.91 Å². The smallest absolute Gasteiger partial charge is 0.327 e. The lowest BCUT2D eigenvalue weighted by atomic mass is 10.1. The molecule has 3 rings (SSSR count). The van der Waals surface area contributed by atoms with E-state index in [2.05, 4.69) is 5.32 Å². The molecule has 2 aliphatic rings. The van der Waals surface area contributed by atoms with Crippen LogP contribution in [0.1, 0.15) is 24.8 Å². The number of aliphatic carboxylic acids is 1. The van der Waals surface area contributed by atoms with Crippen molar-refractivity contribution in [1.29, 1.82) is 0 Å². The molecule has 2 heterocycles. The van der Waals surface area contributed by atoms with E-state index in [1.54, 1.807) is 0 Å². The highest BCUT2D eigenvalue weighted by molar-refractivity contribution is 8.00. The monoisotopic (exact) mass is 392 g/mol. The zero-order valence-electron chi connectivity index (χ0n) is 14.1. The molecule has 138 valence electrons. The molecular formula is C18H20N2O4S2. The fourth-order valence-corrected chi connectivity index (χ4v) is 4.98. The fourth-order valence-electron chi connectivity index (χ4n) is 3.31. The standard InChI is InChI=1S/C18H20N2O4S2/c21-16(14(25)9-11-5-2-1-3-6-11)19-12-7-4-8-15-20(17(12)22)13(10-26-15)18(23)24/h1-3,5-6,12-13,15H,4,7-10H2,(H,19,21)(H,23,24)/t12-,13-,15-/m0/s1. The summed E-state index contributed by atoms with van der Waals surface area (Å²) in [6.07, 6.45) is 2.32. The maximum absolute atomic E-state index is 12.8. The van der Waals surface area contributed by atoms with Gasteiger partial charge in [-0.1, -0.05) is 42.5 Å². The Hall–Kier alpha value is -1.93. The fraction of sp³-hybridized carbons (Fsp3) is 0.444. The van der Waals surface area contributed by atoms with Gasteiger partial charge in [0.1, 0.15) is 12.1 Å². The molecule has 0 unspecified atom stereocenters. The van der Waals surface area contributed by atoms with Crippen LogP contribution in [-0.4, -0.2) is 55.9 Å². The Balaban J connectivity index is 1.66. The van der Waals surface area contributed by atoms with Gasteiger partial charge in [0.2, 0.25) is 5.91 Å². The molecule has 3 atom stereocenters. The maximum Gasteiger partial charge on any atom is 0.327 e. The van der Waals surface area contributed by atoms with Gasteiger partial charge in [-0.05, 0) is 24.8 Å². The van der Waals surface area contributed by atoms with Crippen molar-refractivity contribution >= 4 is 46.6 Å². The quantitative estimate of drug-likeness (QED) is 0.741. The number of benzene rings is 1. The molecule has 0 bridgehead atoms. The van der Waals surface area contributed by atoms with Gasteiger partial charge in [-0.25, -0.2) is 4.79 Å². The third-order valence-corrected chi connectivity index (χ3v) is 6.33. The number of carbonyl (C=O) groups excluding carboxylic acids is 2. The normalized spacial score (nSPS) is 25.3. The number of carboxylic acid groups (broad SMARTS) is 1. The van der Waals surface area contributed by atoms with E-state index in [-0.39, 0.29) is 16.1 Å². The van der Waals surface area contributed by atoms with E-state index < -0.39 is 24.0 Å². The molecule has 0 aromatic heterocycles. The van der Waals surface area contributed by atoms with Crippen molar-refractivity contribution in [2.24, 2.45) is 0 Å². The third-order valence-electron chi connectivity index (χ3n) is 4.64. The summed E-state index contributed by atoms with van der Waals surface area (Å²) in [4.78, 5) is 38.4. The van der Waals surface area contributed by atoms with E-state index in [4.69, 9.17) is 12.2 Å². The number of thiocarbonyl (C=S) groups is 1. The minimum atomic E-state index is -1.00. The molecule has 8 heteroatoms. The first-order valence-electron chi connectivity index (χ1n) is 8.51. The van der Waals surface area contributed by atoms with Crippen molar-refractivity contribution in [3.8, 4) is 0 Å². The van der Waals surface area contributed by atoms with E-state index in [1.165, 1.54) is 16.7 Å². The SMILES string of the molecule is O=C(N[C@H]1CCC[C@@H]2SC[C@@H](C(=O)O)N2C1=O)C(=S)Cc1ccccc1. The number of hydrogen-bond donors (Lipinski definition) is 2. The third kappa shape index (κ3) is 4.07. The van der Waals surface area contributed by atoms with Crippen molar-refractivity contribution in [1.82, 2.24) is 10.2 Å². The predicted molar refractivity (Wildman–Crippen MR) is 103 cm³/mol. The number of thioether (sulfide) groups is 1. The van der Waals surface area contributed by atoms with Gasteiger partial charge >= 0.3 is 5.97 Å². The van der Waals surface area contributed by atoms with Crippen LogP contribution in [0.3, 0.4) is 0 Å². The van der Waals surface area contributed by atoms with Crippen LogP contribution in [0.15, 0.2) is 30.3 Å². The highest BCUT2D eigenvalue weighted by atomic mass is 32.2. The largest absolute Gasteiger partial charge is 0.480 e. The first-order valence-corrected chi connectivity index (χ1v) is 9.97. The molecule has 1 aromatic rings. The summed E-state index contributed by atoms with van der Waals surface area (Å²) >= 11 is 6.72. The van der Waals surface area contributed by atoms with Crippen LogP contribution < -0.4 is 5.32 Å². The van der Waals surface area contributed by atoms with Crippen molar-refractivity contribution in [2.45, 2.75) is 43.1 Å². The van der Waals surface area contributed by atoms with Gasteiger partial charge in [-0.15, -0.1) is 11.8 Å². The first-order chi connectivity index (χ1) is 12.5. The summed E-state index contributed by atoms with van der Waals surface area (Å²) in [6.45, 7) is 0. The number of carbonyl (C=O) groups is 3. The lowest BCUT2D eigenvalue weighted by molar-refractivity contribution is -0.149. The molecule has 0 saturated carbocycles. The second-order valence-electron chi connectivity index (χ2n) is 6.43. The van der Waals surface area contributed by atoms with Gasteiger partial charge in [-0.2, -0.15) is 0 Å². The van der Waals surface area contributed by atoms with Crippen LogP contribution in [0.2, 0.25) is 0 Å². The zero-order valence-corrected chi connectivity index (χ0v) is 15.7. The number of carboxylic acids is 1.